The van der Waals surface area contributed by atoms with Crippen LogP contribution in [0.3, 0.4) is 0 Å². The highest BCUT2D eigenvalue weighted by atomic mass is 32.2. The van der Waals surface area contributed by atoms with Gasteiger partial charge in [-0.2, -0.15) is 9.40 Å². The molecule has 0 saturated carbocycles. The van der Waals surface area contributed by atoms with Crippen molar-refractivity contribution in [2.45, 2.75) is 11.6 Å². The molecular formula is C13H15N3O4S. The molecule has 0 saturated heterocycles. The molecule has 1 N–H and O–H groups in total. The lowest BCUT2D eigenvalue weighted by molar-refractivity contribution is 0.171. The van der Waals surface area contributed by atoms with Gasteiger partial charge in [0.1, 0.15) is 13.2 Å². The molecule has 7 nitrogen and oxygen atoms in total. The van der Waals surface area contributed by atoms with Crippen molar-refractivity contribution in [3.8, 4) is 11.5 Å². The number of benzene rings is 1. The lowest BCUT2D eigenvalue weighted by Crippen LogP contribution is -2.27. The largest absolute Gasteiger partial charge is 0.486 e. The average molecular weight is 309 g/mol. The maximum atomic E-state index is 12.3. The predicted molar refractivity (Wildman–Crippen MR) is 74.7 cm³/mol. The summed E-state index contributed by atoms with van der Waals surface area (Å²) in [5.41, 5.74) is 0.824. The zero-order valence-corrected chi connectivity index (χ0v) is 12.3. The summed E-state index contributed by atoms with van der Waals surface area (Å²) in [6, 6.07) is 6.84. The maximum Gasteiger partial charge on any atom is 0.260 e. The zero-order valence-electron chi connectivity index (χ0n) is 11.4. The Kier molecular flexibility index (Phi) is 3.56. The Morgan fingerprint density at radius 1 is 1.24 bits per heavy atom. The second-order valence-corrected chi connectivity index (χ2v) is 6.67. The summed E-state index contributed by atoms with van der Waals surface area (Å²) in [6.45, 7) is 1.26. The van der Waals surface area contributed by atoms with Crippen LogP contribution in [0.2, 0.25) is 0 Å². The third kappa shape index (κ3) is 2.72. The topological polar surface area (TPSA) is 84.5 Å². The Balaban J connectivity index is 1.80. The molecular weight excluding hydrogens is 294 g/mol. The van der Waals surface area contributed by atoms with Crippen molar-refractivity contribution in [2.75, 3.05) is 20.3 Å². The van der Waals surface area contributed by atoms with Gasteiger partial charge >= 0.3 is 0 Å². The van der Waals surface area contributed by atoms with Crippen LogP contribution >= 0.6 is 0 Å². The van der Waals surface area contributed by atoms with E-state index in [1.807, 2.05) is 6.07 Å². The van der Waals surface area contributed by atoms with E-state index in [9.17, 15) is 8.42 Å². The number of H-pyrrole nitrogens is 1. The van der Waals surface area contributed by atoms with Gasteiger partial charge in [0.2, 0.25) is 0 Å². The van der Waals surface area contributed by atoms with Gasteiger partial charge in [-0.15, -0.1) is 0 Å². The molecule has 0 fully saturated rings. The van der Waals surface area contributed by atoms with Crippen molar-refractivity contribution in [1.29, 1.82) is 0 Å². The molecule has 0 atom stereocenters. The summed E-state index contributed by atoms with van der Waals surface area (Å²) in [5, 5.41) is 6.21. The number of hydrogen-bond donors (Lipinski definition) is 1. The van der Waals surface area contributed by atoms with E-state index in [1.54, 1.807) is 12.1 Å². The number of rotatable bonds is 4. The summed E-state index contributed by atoms with van der Waals surface area (Å²) in [7, 11) is -2.05. The van der Waals surface area contributed by atoms with Crippen LogP contribution in [0.4, 0.5) is 0 Å². The molecule has 0 aliphatic carbocycles. The van der Waals surface area contributed by atoms with E-state index < -0.39 is 10.0 Å². The van der Waals surface area contributed by atoms with E-state index in [1.165, 1.54) is 23.6 Å². The third-order valence-corrected chi connectivity index (χ3v) is 4.91. The average Bonchev–Trinajstić information content (AvgIpc) is 3.02. The first-order valence-corrected chi connectivity index (χ1v) is 7.85. The Bertz CT molecular complexity index is 728. The Labute approximate surface area is 122 Å². The molecule has 1 aromatic carbocycles. The number of sulfonamides is 1. The number of hydrogen-bond acceptors (Lipinski definition) is 5. The molecule has 1 aliphatic rings. The minimum Gasteiger partial charge on any atom is -0.486 e. The third-order valence-electron chi connectivity index (χ3n) is 3.18. The highest BCUT2D eigenvalue weighted by Crippen LogP contribution is 2.31. The first-order chi connectivity index (χ1) is 10.1. The number of aromatic nitrogens is 2. The first-order valence-electron chi connectivity index (χ1n) is 6.41. The fourth-order valence-electron chi connectivity index (χ4n) is 2.08. The van der Waals surface area contributed by atoms with Crippen molar-refractivity contribution >= 4 is 10.0 Å². The van der Waals surface area contributed by atoms with Crippen LogP contribution in [-0.2, 0) is 16.6 Å². The van der Waals surface area contributed by atoms with Crippen molar-refractivity contribution in [2.24, 2.45) is 0 Å². The van der Waals surface area contributed by atoms with Crippen LogP contribution < -0.4 is 9.47 Å². The van der Waals surface area contributed by atoms with Gasteiger partial charge in [-0.05, 0) is 23.8 Å². The molecule has 2 heterocycles. The van der Waals surface area contributed by atoms with Crippen LogP contribution in [0.25, 0.3) is 0 Å². The number of ether oxygens (including phenoxy) is 2. The van der Waals surface area contributed by atoms with Gasteiger partial charge in [0.25, 0.3) is 10.0 Å². The van der Waals surface area contributed by atoms with Crippen LogP contribution in [-0.4, -0.2) is 43.2 Å². The van der Waals surface area contributed by atoms with Crippen LogP contribution in [0.15, 0.2) is 35.5 Å². The number of fused-ring (bicyclic) bond motifs is 1. The minimum absolute atomic E-state index is 0.0718. The van der Waals surface area contributed by atoms with Crippen molar-refractivity contribution in [1.82, 2.24) is 14.5 Å². The first kappa shape index (κ1) is 13.9. The van der Waals surface area contributed by atoms with E-state index >= 15 is 0 Å². The molecule has 21 heavy (non-hydrogen) atoms. The Morgan fingerprint density at radius 3 is 2.71 bits per heavy atom. The monoisotopic (exact) mass is 309 g/mol. The summed E-state index contributed by atoms with van der Waals surface area (Å²) in [6.07, 6.45) is 1.41. The Morgan fingerprint density at radius 2 is 2.00 bits per heavy atom. The van der Waals surface area contributed by atoms with Gasteiger partial charge in [-0.25, -0.2) is 8.42 Å². The Hall–Kier alpha value is -2.06. The minimum atomic E-state index is -3.57. The molecule has 0 bridgehead atoms. The lowest BCUT2D eigenvalue weighted by atomic mass is 10.2. The molecule has 112 valence electrons. The van der Waals surface area contributed by atoms with Crippen molar-refractivity contribution < 1.29 is 17.9 Å². The van der Waals surface area contributed by atoms with Gasteiger partial charge in [-0.1, -0.05) is 6.07 Å². The molecule has 0 spiro atoms. The smallest absolute Gasteiger partial charge is 0.260 e. The molecule has 3 rings (SSSR count). The zero-order chi connectivity index (χ0) is 14.9. The molecule has 1 aromatic heterocycles. The van der Waals surface area contributed by atoms with E-state index in [2.05, 4.69) is 10.2 Å². The predicted octanol–water partition coefficient (Wildman–Crippen LogP) is 1.00. The molecule has 0 unspecified atom stereocenters. The summed E-state index contributed by atoms with van der Waals surface area (Å²) in [5.74, 6) is 1.33. The van der Waals surface area contributed by atoms with Crippen LogP contribution in [0.1, 0.15) is 5.56 Å². The summed E-state index contributed by atoms with van der Waals surface area (Å²) in [4.78, 5) is 0. The molecule has 0 amide bonds. The van der Waals surface area contributed by atoms with Gasteiger partial charge in [-0.3, -0.25) is 5.10 Å². The van der Waals surface area contributed by atoms with Crippen LogP contribution in [0.5, 0.6) is 11.5 Å². The second kappa shape index (κ2) is 5.38. The SMILES string of the molecule is CN(Cc1ccc2c(c1)OCCO2)S(=O)(=O)c1ccn[nH]1. The van der Waals surface area contributed by atoms with Gasteiger partial charge in [0.05, 0.1) is 6.20 Å². The van der Waals surface area contributed by atoms with E-state index in [-0.39, 0.29) is 11.6 Å². The fraction of sp³-hybridized carbons (Fsp3) is 0.308. The second-order valence-electron chi connectivity index (χ2n) is 4.66. The quantitative estimate of drug-likeness (QED) is 0.911. The molecule has 1 aliphatic heterocycles. The number of aromatic amines is 1. The molecule has 0 radical (unpaired) electrons. The van der Waals surface area contributed by atoms with Gasteiger partial charge in [0.15, 0.2) is 16.5 Å². The van der Waals surface area contributed by atoms with Gasteiger partial charge < -0.3 is 9.47 Å². The highest BCUT2D eigenvalue weighted by molar-refractivity contribution is 7.89. The molecule has 8 heteroatoms. The normalized spacial score (nSPS) is 14.4. The van der Waals surface area contributed by atoms with Gasteiger partial charge in [0, 0.05) is 13.6 Å². The van der Waals surface area contributed by atoms with E-state index in [0.717, 1.165) is 5.56 Å². The lowest BCUT2D eigenvalue weighted by Gasteiger charge is -2.20. The maximum absolute atomic E-state index is 12.3. The summed E-state index contributed by atoms with van der Waals surface area (Å²) >= 11 is 0. The van der Waals surface area contributed by atoms with E-state index in [4.69, 9.17) is 9.47 Å². The van der Waals surface area contributed by atoms with Crippen molar-refractivity contribution in [3.05, 3.63) is 36.0 Å². The fourth-order valence-corrected chi connectivity index (χ4v) is 3.14. The van der Waals surface area contributed by atoms with E-state index in [0.29, 0.717) is 24.7 Å². The van der Waals surface area contributed by atoms with Crippen molar-refractivity contribution in [3.63, 3.8) is 0 Å². The molecule has 2 aromatic rings. The van der Waals surface area contributed by atoms with Crippen LogP contribution in [0, 0.1) is 0 Å². The standard InChI is InChI=1S/C13H15N3O4S/c1-16(21(17,18)13-4-5-14-15-13)9-10-2-3-11-12(8-10)20-7-6-19-11/h2-5,8H,6-7,9H2,1H3,(H,14,15). The summed E-state index contributed by atoms with van der Waals surface area (Å²) < 4.78 is 36.8. The highest BCUT2D eigenvalue weighted by Gasteiger charge is 2.22. The number of nitrogens with one attached hydrogen (secondary N) is 1. The number of nitrogens with zero attached hydrogens (tertiary/aromatic N) is 2.